The van der Waals surface area contributed by atoms with E-state index in [9.17, 15) is 0 Å². The molecule has 0 atom stereocenters. The minimum atomic E-state index is -4.61. The van der Waals surface area contributed by atoms with E-state index in [1.54, 1.807) is 6.92 Å². The van der Waals surface area contributed by atoms with Crippen LogP contribution in [-0.4, -0.2) is 80.9 Å². The van der Waals surface area contributed by atoms with E-state index < -0.39 is 18.1 Å². The van der Waals surface area contributed by atoms with Crippen molar-refractivity contribution in [2.45, 2.75) is 42.0 Å². The Morgan fingerprint density at radius 3 is 0.870 bits per heavy atom. The maximum Gasteiger partial charge on any atom is 0.679 e. The van der Waals surface area contributed by atoms with Crippen LogP contribution < -0.4 is 0 Å². The average molecular weight is 385 g/mol. The highest BCUT2D eigenvalue weighted by atomic mass is 28.4. The lowest BCUT2D eigenvalue weighted by Crippen LogP contribution is -2.49. The molecule has 7 N–H and O–H groups in total. The molecule has 0 aromatic heterocycles. The fourth-order valence-corrected chi connectivity index (χ4v) is 2.87. The first kappa shape index (κ1) is 34.4. The summed E-state index contributed by atoms with van der Waals surface area (Å²) in [6.07, 6.45) is 0. The average Bonchev–Trinajstić information content (AvgIpc) is 2.29. The van der Waals surface area contributed by atoms with Crippen molar-refractivity contribution in [3.8, 4) is 0 Å². The first-order valence-electron chi connectivity index (χ1n) is 6.72. The molecule has 0 radical (unpaired) electrons. The molecule has 0 aliphatic rings. The van der Waals surface area contributed by atoms with E-state index in [4.69, 9.17) is 42.0 Å². The van der Waals surface area contributed by atoms with Crippen LogP contribution in [0.4, 0.5) is 0 Å². The number of hydrogen-bond acceptors (Lipinski definition) is 9. The fourth-order valence-electron chi connectivity index (χ4n) is 0.957. The third-order valence-electron chi connectivity index (χ3n) is 1.28. The summed E-state index contributed by atoms with van der Waals surface area (Å²) in [6.45, 7) is 11.7. The van der Waals surface area contributed by atoms with Gasteiger partial charge in [-0.1, -0.05) is 7.43 Å². The van der Waals surface area contributed by atoms with Gasteiger partial charge in [0.15, 0.2) is 0 Å². The Hall–Kier alpha value is 0.0338. The Balaban J connectivity index is -0.0000000913. The van der Waals surface area contributed by atoms with Gasteiger partial charge in [-0.05, 0) is 34.6 Å². The van der Waals surface area contributed by atoms with Crippen LogP contribution in [0.3, 0.4) is 0 Å². The zero-order valence-electron chi connectivity index (χ0n) is 13.9. The van der Waals surface area contributed by atoms with E-state index in [1.807, 2.05) is 27.7 Å². The predicted molar refractivity (Wildman–Crippen MR) is 90.0 cm³/mol. The first-order valence-corrected chi connectivity index (χ1v) is 10.1. The maximum absolute atomic E-state index is 7.57. The van der Waals surface area contributed by atoms with E-state index in [2.05, 4.69) is 0 Å². The van der Waals surface area contributed by atoms with Crippen LogP contribution in [-0.2, 0) is 17.7 Å². The van der Waals surface area contributed by atoms with Gasteiger partial charge in [0.1, 0.15) is 0 Å². The summed E-state index contributed by atoms with van der Waals surface area (Å²) < 4.78 is 21.7. The normalized spacial score (nSPS) is 10.2. The molecule has 0 aliphatic carbocycles. The van der Waals surface area contributed by atoms with E-state index in [1.165, 1.54) is 0 Å². The monoisotopic (exact) mass is 384 g/mol. The SMILES string of the molecule is C.CCO.CCO[Si](OCC)(OCC)OCC.O.O[Si](O)(O)O. The molecule has 0 saturated heterocycles. The van der Waals surface area contributed by atoms with Crippen LogP contribution in [0.2, 0.25) is 0 Å². The van der Waals surface area contributed by atoms with Gasteiger partial charge < -0.3 is 47.5 Å². The van der Waals surface area contributed by atoms with Gasteiger partial charge in [0, 0.05) is 33.0 Å². The van der Waals surface area contributed by atoms with Crippen molar-refractivity contribution >= 4 is 18.1 Å². The van der Waals surface area contributed by atoms with Crippen molar-refractivity contribution in [3.63, 3.8) is 0 Å². The zero-order valence-corrected chi connectivity index (χ0v) is 15.9. The van der Waals surface area contributed by atoms with Crippen LogP contribution in [0.5, 0.6) is 0 Å². The van der Waals surface area contributed by atoms with Crippen molar-refractivity contribution in [3.05, 3.63) is 0 Å². The van der Waals surface area contributed by atoms with E-state index in [0.717, 1.165) is 0 Å². The molecule has 0 aromatic carbocycles. The largest absolute Gasteiger partial charge is 0.679 e. The molecule has 0 rings (SSSR count). The third kappa shape index (κ3) is 34.4. The van der Waals surface area contributed by atoms with Crippen LogP contribution in [0.25, 0.3) is 0 Å². The van der Waals surface area contributed by atoms with Gasteiger partial charge in [-0.2, -0.15) is 0 Å². The lowest BCUT2D eigenvalue weighted by Gasteiger charge is -2.26. The van der Waals surface area contributed by atoms with Gasteiger partial charge in [0.2, 0.25) is 0 Å². The standard InChI is InChI=1S/C8H20O4Si.C2H6O.CH4.H4O4Si.H2O/c1-5-9-13(10-6-2,11-7-3)12-8-4;1-2-3;;1-5(2,3)4;/h5-8H2,1-4H3;3H,2H2,1H3;1H4;1-4H;1H2. The number of aliphatic hydroxyl groups excluding tert-OH is 1. The summed E-state index contributed by atoms with van der Waals surface area (Å²) in [5.74, 6) is 0. The minimum absolute atomic E-state index is 0. The summed E-state index contributed by atoms with van der Waals surface area (Å²) in [6, 6.07) is 0. The molecule has 0 amide bonds. The number of aliphatic hydroxyl groups is 1. The highest BCUT2D eigenvalue weighted by Gasteiger charge is 2.44. The maximum atomic E-state index is 7.57. The van der Waals surface area contributed by atoms with Gasteiger partial charge in [0.05, 0.1) is 0 Å². The summed E-state index contributed by atoms with van der Waals surface area (Å²) in [7, 11) is -7.41. The smallest absolute Gasteiger partial charge is 0.412 e. The molecular formula is C11H36O10Si2. The summed E-state index contributed by atoms with van der Waals surface area (Å²) >= 11 is 0. The molecular weight excluding hydrogens is 348 g/mol. The highest BCUT2D eigenvalue weighted by Crippen LogP contribution is 2.11. The summed E-state index contributed by atoms with van der Waals surface area (Å²) in [5, 5.41) is 7.57. The Kier molecular flexibility index (Phi) is 32.9. The highest BCUT2D eigenvalue weighted by molar-refractivity contribution is 6.53. The van der Waals surface area contributed by atoms with Gasteiger partial charge in [-0.15, -0.1) is 0 Å². The first-order chi connectivity index (χ1) is 9.66. The molecule has 0 heterocycles. The molecule has 0 aromatic rings. The second kappa shape index (κ2) is 22.0. The van der Waals surface area contributed by atoms with E-state index >= 15 is 0 Å². The third-order valence-corrected chi connectivity index (χ3v) is 3.85. The van der Waals surface area contributed by atoms with Gasteiger partial charge in [-0.25, -0.2) is 0 Å². The van der Waals surface area contributed by atoms with Gasteiger partial charge in [-0.3, -0.25) is 0 Å². The lowest BCUT2D eigenvalue weighted by atomic mass is 10.9. The van der Waals surface area contributed by atoms with E-state index in [-0.39, 0.29) is 19.5 Å². The molecule has 0 unspecified atom stereocenters. The van der Waals surface area contributed by atoms with Crippen LogP contribution in [0.15, 0.2) is 0 Å². The summed E-state index contributed by atoms with van der Waals surface area (Å²) in [4.78, 5) is 29.3. The second-order valence-corrected chi connectivity index (χ2v) is 6.50. The Morgan fingerprint density at radius 1 is 0.652 bits per heavy atom. The molecule has 10 nitrogen and oxygen atoms in total. The zero-order chi connectivity index (χ0) is 17.4. The Bertz CT molecular complexity index is 168. The van der Waals surface area contributed by atoms with Crippen LogP contribution >= 0.6 is 0 Å². The quantitative estimate of drug-likeness (QED) is 0.321. The van der Waals surface area contributed by atoms with Gasteiger partial charge in [0.25, 0.3) is 0 Å². The fraction of sp³-hybridized carbons (Fsp3) is 1.00. The molecule has 12 heteroatoms. The molecule has 0 bridgehead atoms. The Morgan fingerprint density at radius 2 is 0.783 bits per heavy atom. The van der Waals surface area contributed by atoms with E-state index in [0.29, 0.717) is 26.4 Å². The van der Waals surface area contributed by atoms with Crippen LogP contribution in [0, 0.1) is 0 Å². The molecule has 23 heavy (non-hydrogen) atoms. The Labute approximate surface area is 141 Å². The predicted octanol–water partition coefficient (Wildman–Crippen LogP) is -1.23. The van der Waals surface area contributed by atoms with Gasteiger partial charge >= 0.3 is 18.1 Å². The topological polar surface area (TPSA) is 170 Å². The van der Waals surface area contributed by atoms with Crippen molar-refractivity contribution in [1.29, 1.82) is 0 Å². The summed E-state index contributed by atoms with van der Waals surface area (Å²) in [5.41, 5.74) is 0. The molecule has 0 saturated carbocycles. The molecule has 0 fully saturated rings. The van der Waals surface area contributed by atoms with Crippen LogP contribution in [0.1, 0.15) is 42.0 Å². The molecule has 0 spiro atoms. The molecule has 148 valence electrons. The van der Waals surface area contributed by atoms with Crippen molar-refractivity contribution in [2.75, 3.05) is 33.0 Å². The lowest BCUT2D eigenvalue weighted by molar-refractivity contribution is -0.0247. The minimum Gasteiger partial charge on any atom is -0.412 e. The second-order valence-electron chi connectivity index (χ2n) is 3.15. The molecule has 0 aliphatic heterocycles. The number of hydrogen-bond donors (Lipinski definition) is 5. The van der Waals surface area contributed by atoms with Crippen molar-refractivity contribution < 1.29 is 47.5 Å². The van der Waals surface area contributed by atoms with Crippen molar-refractivity contribution in [1.82, 2.24) is 0 Å². The number of rotatable bonds is 8. The van der Waals surface area contributed by atoms with Crippen molar-refractivity contribution in [2.24, 2.45) is 0 Å².